The molecule has 23 heavy (non-hydrogen) atoms. The highest BCUT2D eigenvalue weighted by Crippen LogP contribution is 2.17. The minimum absolute atomic E-state index is 0.0880. The third-order valence-electron chi connectivity index (χ3n) is 3.98. The first-order valence-corrected chi connectivity index (χ1v) is 8.17. The van der Waals surface area contributed by atoms with Gasteiger partial charge in [-0.15, -0.1) is 0 Å². The number of alkyl halides is 2. The Kier molecular flexibility index (Phi) is 7.26. The molecule has 0 spiro atoms. The fourth-order valence-electron chi connectivity index (χ4n) is 2.77. The van der Waals surface area contributed by atoms with Crippen LogP contribution in [0.1, 0.15) is 44.1 Å². The maximum Gasteiger partial charge on any atom is 0.387 e. The summed E-state index contributed by atoms with van der Waals surface area (Å²) in [7, 11) is 0. The van der Waals surface area contributed by atoms with E-state index in [1.54, 1.807) is 12.1 Å². The smallest absolute Gasteiger partial charge is 0.387 e. The summed E-state index contributed by atoms with van der Waals surface area (Å²) in [6.45, 7) is -1.62. The van der Waals surface area contributed by atoms with Crippen molar-refractivity contribution in [2.45, 2.75) is 57.7 Å². The van der Waals surface area contributed by atoms with Gasteiger partial charge in [0.15, 0.2) is 0 Å². The lowest BCUT2D eigenvalue weighted by Gasteiger charge is -2.22. The Morgan fingerprint density at radius 1 is 1.17 bits per heavy atom. The Bertz CT molecular complexity index is 474. The predicted molar refractivity (Wildman–Crippen MR) is 84.4 cm³/mol. The number of carbonyl (C=O) groups excluding carboxylic acids is 1. The Hall–Kier alpha value is -1.69. The molecule has 128 valence electrons. The van der Waals surface area contributed by atoms with Crippen LogP contribution in [0.2, 0.25) is 0 Å². The number of benzene rings is 1. The van der Waals surface area contributed by atoms with E-state index < -0.39 is 6.61 Å². The van der Waals surface area contributed by atoms with Crippen molar-refractivity contribution < 1.29 is 18.3 Å². The molecule has 0 unspecified atom stereocenters. The quantitative estimate of drug-likeness (QED) is 0.721. The molecule has 1 saturated carbocycles. The van der Waals surface area contributed by atoms with Crippen molar-refractivity contribution in [1.82, 2.24) is 10.6 Å². The molecule has 0 aromatic heterocycles. The average molecular weight is 326 g/mol. The van der Waals surface area contributed by atoms with E-state index in [0.29, 0.717) is 25.6 Å². The predicted octanol–water partition coefficient (Wildman–Crippen LogP) is 3.22. The van der Waals surface area contributed by atoms with Gasteiger partial charge in [-0.3, -0.25) is 4.79 Å². The van der Waals surface area contributed by atoms with Gasteiger partial charge in [0.2, 0.25) is 5.91 Å². The van der Waals surface area contributed by atoms with Crippen molar-refractivity contribution in [2.75, 3.05) is 6.54 Å². The maximum atomic E-state index is 12.0. The van der Waals surface area contributed by atoms with Crippen LogP contribution in [0.15, 0.2) is 24.3 Å². The summed E-state index contributed by atoms with van der Waals surface area (Å²) in [5, 5.41) is 6.26. The summed E-state index contributed by atoms with van der Waals surface area (Å²) < 4.78 is 28.4. The van der Waals surface area contributed by atoms with Crippen LogP contribution in [0.3, 0.4) is 0 Å². The Labute approximate surface area is 135 Å². The highest BCUT2D eigenvalue weighted by Gasteiger charge is 2.15. The standard InChI is InChI=1S/C17H24F2N2O2/c18-17(19)23-15-8-6-13(7-9-15)12-20-11-10-16(22)21-14-4-2-1-3-5-14/h6-9,14,17,20H,1-5,10-12H2,(H,21,22). The van der Waals surface area contributed by atoms with Crippen LogP contribution in [0.4, 0.5) is 8.78 Å². The fraction of sp³-hybridized carbons (Fsp3) is 0.588. The van der Waals surface area contributed by atoms with Crippen molar-refractivity contribution in [3.05, 3.63) is 29.8 Å². The monoisotopic (exact) mass is 326 g/mol. The van der Waals surface area contributed by atoms with Crippen molar-refractivity contribution in [1.29, 1.82) is 0 Å². The second-order valence-electron chi connectivity index (χ2n) is 5.85. The van der Waals surface area contributed by atoms with Crippen molar-refractivity contribution in [3.63, 3.8) is 0 Å². The molecule has 1 aliphatic rings. The van der Waals surface area contributed by atoms with Gasteiger partial charge < -0.3 is 15.4 Å². The van der Waals surface area contributed by atoms with E-state index in [9.17, 15) is 13.6 Å². The van der Waals surface area contributed by atoms with Crippen LogP contribution in [0.25, 0.3) is 0 Å². The number of halogens is 2. The molecule has 1 fully saturated rings. The molecular formula is C17H24F2N2O2. The fourth-order valence-corrected chi connectivity index (χ4v) is 2.77. The number of hydrogen-bond donors (Lipinski definition) is 2. The first kappa shape index (κ1) is 17.7. The van der Waals surface area contributed by atoms with Gasteiger partial charge in [-0.2, -0.15) is 8.78 Å². The summed E-state index contributed by atoms with van der Waals surface area (Å²) in [6, 6.07) is 6.83. The molecular weight excluding hydrogens is 302 g/mol. The van der Waals surface area contributed by atoms with Gasteiger partial charge in [0, 0.05) is 25.6 Å². The molecule has 2 rings (SSSR count). The van der Waals surface area contributed by atoms with Crippen LogP contribution in [0.5, 0.6) is 5.75 Å². The average Bonchev–Trinajstić information content (AvgIpc) is 2.53. The van der Waals surface area contributed by atoms with Crippen LogP contribution in [-0.4, -0.2) is 25.1 Å². The van der Waals surface area contributed by atoms with Crippen molar-refractivity contribution >= 4 is 5.91 Å². The lowest BCUT2D eigenvalue weighted by molar-refractivity contribution is -0.121. The molecule has 1 aromatic rings. The van der Waals surface area contributed by atoms with E-state index in [1.807, 2.05) is 0 Å². The highest BCUT2D eigenvalue weighted by molar-refractivity contribution is 5.76. The molecule has 0 atom stereocenters. The van der Waals surface area contributed by atoms with Gasteiger partial charge in [-0.1, -0.05) is 31.4 Å². The SMILES string of the molecule is O=C(CCNCc1ccc(OC(F)F)cc1)NC1CCCCC1. The third kappa shape index (κ3) is 6.95. The number of ether oxygens (including phenoxy) is 1. The Morgan fingerprint density at radius 3 is 2.52 bits per heavy atom. The normalized spacial score (nSPS) is 15.6. The zero-order valence-electron chi connectivity index (χ0n) is 13.2. The van der Waals surface area contributed by atoms with Crippen molar-refractivity contribution in [3.8, 4) is 5.75 Å². The number of nitrogens with one attached hydrogen (secondary N) is 2. The van der Waals surface area contributed by atoms with Crippen LogP contribution in [0, 0.1) is 0 Å². The van der Waals surface area contributed by atoms with Gasteiger partial charge in [-0.05, 0) is 30.5 Å². The molecule has 0 bridgehead atoms. The minimum atomic E-state index is -2.80. The molecule has 0 radical (unpaired) electrons. The van der Waals surface area contributed by atoms with E-state index >= 15 is 0 Å². The van der Waals surface area contributed by atoms with E-state index in [4.69, 9.17) is 0 Å². The highest BCUT2D eigenvalue weighted by atomic mass is 19.3. The van der Waals surface area contributed by atoms with Crippen LogP contribution >= 0.6 is 0 Å². The van der Waals surface area contributed by atoms with Gasteiger partial charge in [0.25, 0.3) is 0 Å². The number of hydrogen-bond acceptors (Lipinski definition) is 3. The molecule has 1 amide bonds. The molecule has 0 heterocycles. The zero-order valence-corrected chi connectivity index (χ0v) is 13.2. The zero-order chi connectivity index (χ0) is 16.5. The molecule has 6 heteroatoms. The van der Waals surface area contributed by atoms with E-state index in [-0.39, 0.29) is 11.7 Å². The molecule has 1 aromatic carbocycles. The summed E-state index contributed by atoms with van der Waals surface area (Å²) >= 11 is 0. The third-order valence-corrected chi connectivity index (χ3v) is 3.98. The summed E-state index contributed by atoms with van der Waals surface area (Å²) in [6.07, 6.45) is 6.31. The van der Waals surface area contributed by atoms with Crippen LogP contribution < -0.4 is 15.4 Å². The summed E-state index contributed by atoms with van der Waals surface area (Å²) in [5.74, 6) is 0.237. The maximum absolute atomic E-state index is 12.0. The van der Waals surface area contributed by atoms with Gasteiger partial charge in [-0.25, -0.2) is 0 Å². The summed E-state index contributed by atoms with van der Waals surface area (Å²) in [4.78, 5) is 11.8. The Balaban J connectivity index is 1.60. The van der Waals surface area contributed by atoms with E-state index in [0.717, 1.165) is 18.4 Å². The first-order valence-electron chi connectivity index (χ1n) is 8.17. The summed E-state index contributed by atoms with van der Waals surface area (Å²) in [5.41, 5.74) is 0.958. The van der Waals surface area contributed by atoms with Crippen molar-refractivity contribution in [2.24, 2.45) is 0 Å². The number of rotatable bonds is 8. The minimum Gasteiger partial charge on any atom is -0.435 e. The van der Waals surface area contributed by atoms with E-state index in [2.05, 4.69) is 15.4 Å². The first-order chi connectivity index (χ1) is 11.1. The Morgan fingerprint density at radius 2 is 1.87 bits per heavy atom. The second-order valence-corrected chi connectivity index (χ2v) is 5.85. The molecule has 1 aliphatic carbocycles. The largest absolute Gasteiger partial charge is 0.435 e. The molecule has 4 nitrogen and oxygen atoms in total. The molecule has 2 N–H and O–H groups in total. The van der Waals surface area contributed by atoms with Gasteiger partial charge in [0.05, 0.1) is 0 Å². The van der Waals surface area contributed by atoms with Crippen LogP contribution in [-0.2, 0) is 11.3 Å². The van der Waals surface area contributed by atoms with E-state index in [1.165, 1.54) is 31.4 Å². The molecule has 0 saturated heterocycles. The lowest BCUT2D eigenvalue weighted by Crippen LogP contribution is -2.37. The number of amides is 1. The van der Waals surface area contributed by atoms with Gasteiger partial charge in [0.1, 0.15) is 5.75 Å². The molecule has 0 aliphatic heterocycles. The van der Waals surface area contributed by atoms with Gasteiger partial charge >= 0.3 is 6.61 Å². The lowest BCUT2D eigenvalue weighted by atomic mass is 9.95. The topological polar surface area (TPSA) is 50.4 Å². The number of carbonyl (C=O) groups is 1. The second kappa shape index (κ2) is 9.45.